The predicted molar refractivity (Wildman–Crippen MR) is 65.0 cm³/mol. The maximum atomic E-state index is 9.24. The highest BCUT2D eigenvalue weighted by molar-refractivity contribution is 7.99. The van der Waals surface area contributed by atoms with Gasteiger partial charge in [0.05, 0.1) is 5.69 Å². The van der Waals surface area contributed by atoms with Crippen molar-refractivity contribution in [2.45, 2.75) is 24.3 Å². The lowest BCUT2D eigenvalue weighted by Crippen LogP contribution is -2.00. The van der Waals surface area contributed by atoms with Crippen LogP contribution in [0.25, 0.3) is 0 Å². The molecule has 1 aromatic rings. The minimum atomic E-state index is 0.132. The summed E-state index contributed by atoms with van der Waals surface area (Å²) in [5, 5.41) is 18.4. The van der Waals surface area contributed by atoms with Crippen molar-refractivity contribution in [1.82, 2.24) is 0 Å². The van der Waals surface area contributed by atoms with Crippen LogP contribution in [0.3, 0.4) is 0 Å². The number of anilines is 1. The van der Waals surface area contributed by atoms with Crippen molar-refractivity contribution in [3.63, 3.8) is 0 Å². The fraction of sp³-hybridized carbons (Fsp3) is 0.455. The monoisotopic (exact) mass is 227 g/mol. The molecule has 1 unspecified atom stereocenters. The van der Waals surface area contributed by atoms with Crippen LogP contribution >= 0.6 is 11.8 Å². The van der Waals surface area contributed by atoms with E-state index in [1.807, 2.05) is 6.07 Å². The molecule has 4 N–H and O–H groups in total. The van der Waals surface area contributed by atoms with E-state index in [0.29, 0.717) is 10.9 Å². The van der Waals surface area contributed by atoms with Crippen molar-refractivity contribution in [2.24, 2.45) is 0 Å². The molecule has 0 aliphatic carbocycles. The van der Waals surface area contributed by atoms with E-state index < -0.39 is 0 Å². The number of nitrogens with two attached hydrogens (primary N) is 1. The summed E-state index contributed by atoms with van der Waals surface area (Å²) in [6.45, 7) is 2.32. The Kier molecular flexibility index (Phi) is 4.78. The average Bonchev–Trinajstić information content (AvgIpc) is 2.20. The van der Waals surface area contributed by atoms with Crippen LogP contribution in [0.2, 0.25) is 0 Å². The van der Waals surface area contributed by atoms with Crippen LogP contribution in [0.5, 0.6) is 5.75 Å². The quantitative estimate of drug-likeness (QED) is 0.531. The number of rotatable bonds is 5. The van der Waals surface area contributed by atoms with E-state index in [1.165, 1.54) is 0 Å². The fourth-order valence-electron chi connectivity index (χ4n) is 1.20. The van der Waals surface area contributed by atoms with Gasteiger partial charge < -0.3 is 15.9 Å². The predicted octanol–water partition coefficient (Wildman–Crippen LogP) is 1.98. The molecule has 0 spiro atoms. The van der Waals surface area contributed by atoms with Gasteiger partial charge in [-0.2, -0.15) is 11.8 Å². The Labute approximate surface area is 94.3 Å². The minimum absolute atomic E-state index is 0.132. The molecule has 4 heteroatoms. The summed E-state index contributed by atoms with van der Waals surface area (Å²) < 4.78 is 0. The SMILES string of the molecule is CC(CCO)SCc1ccc(O)c(N)c1. The standard InChI is InChI=1S/C11H17NO2S/c1-8(4-5-13)15-7-9-2-3-11(14)10(12)6-9/h2-3,6,8,13-14H,4-5,7,12H2,1H3. The summed E-state index contributed by atoms with van der Waals surface area (Å²) >= 11 is 1.77. The molecule has 1 rings (SSSR count). The maximum absolute atomic E-state index is 9.24. The van der Waals surface area contributed by atoms with Crippen LogP contribution in [-0.4, -0.2) is 22.1 Å². The highest BCUT2D eigenvalue weighted by Crippen LogP contribution is 2.25. The first kappa shape index (κ1) is 12.2. The smallest absolute Gasteiger partial charge is 0.138 e. The van der Waals surface area contributed by atoms with Crippen molar-refractivity contribution >= 4 is 17.4 Å². The Morgan fingerprint density at radius 3 is 2.80 bits per heavy atom. The number of phenolic OH excluding ortho intramolecular Hbond substituents is 1. The molecule has 0 radical (unpaired) electrons. The fourth-order valence-corrected chi connectivity index (χ4v) is 2.13. The van der Waals surface area contributed by atoms with Gasteiger partial charge in [-0.3, -0.25) is 0 Å². The summed E-state index contributed by atoms with van der Waals surface area (Å²) in [7, 11) is 0. The topological polar surface area (TPSA) is 66.5 Å². The molecule has 1 atom stereocenters. The van der Waals surface area contributed by atoms with E-state index in [2.05, 4.69) is 6.92 Å². The van der Waals surface area contributed by atoms with E-state index in [9.17, 15) is 5.11 Å². The van der Waals surface area contributed by atoms with Gasteiger partial charge in [0.2, 0.25) is 0 Å². The van der Waals surface area contributed by atoms with Crippen molar-refractivity contribution in [3.05, 3.63) is 23.8 Å². The third kappa shape index (κ3) is 4.01. The lowest BCUT2D eigenvalue weighted by Gasteiger charge is -2.09. The normalized spacial score (nSPS) is 12.7. The van der Waals surface area contributed by atoms with Gasteiger partial charge in [-0.05, 0) is 24.1 Å². The number of aromatic hydroxyl groups is 1. The molecule has 1 aromatic carbocycles. The molecular formula is C11H17NO2S. The number of hydrogen-bond acceptors (Lipinski definition) is 4. The van der Waals surface area contributed by atoms with E-state index >= 15 is 0 Å². The van der Waals surface area contributed by atoms with Crippen molar-refractivity contribution < 1.29 is 10.2 Å². The van der Waals surface area contributed by atoms with Crippen LogP contribution in [0.4, 0.5) is 5.69 Å². The molecule has 0 amide bonds. The second-order valence-electron chi connectivity index (χ2n) is 3.53. The zero-order chi connectivity index (χ0) is 11.3. The molecule has 0 aromatic heterocycles. The molecule has 0 aliphatic heterocycles. The number of thioether (sulfide) groups is 1. The summed E-state index contributed by atoms with van der Waals surface area (Å²) in [5.41, 5.74) is 7.10. The van der Waals surface area contributed by atoms with E-state index in [-0.39, 0.29) is 12.4 Å². The van der Waals surface area contributed by atoms with Crippen molar-refractivity contribution in [3.8, 4) is 5.75 Å². The number of nitrogen functional groups attached to an aromatic ring is 1. The van der Waals surface area contributed by atoms with Gasteiger partial charge in [0, 0.05) is 17.6 Å². The number of hydrogen-bond donors (Lipinski definition) is 3. The molecule has 0 heterocycles. The zero-order valence-corrected chi connectivity index (χ0v) is 9.63. The third-order valence-electron chi connectivity index (χ3n) is 2.16. The van der Waals surface area contributed by atoms with Crippen LogP contribution < -0.4 is 5.73 Å². The lowest BCUT2D eigenvalue weighted by molar-refractivity contribution is 0.289. The maximum Gasteiger partial charge on any atom is 0.138 e. The number of aliphatic hydroxyl groups excluding tert-OH is 1. The molecule has 0 aliphatic rings. The Balaban J connectivity index is 2.47. The first-order valence-electron chi connectivity index (χ1n) is 4.93. The summed E-state index contributed by atoms with van der Waals surface area (Å²) in [6.07, 6.45) is 0.804. The van der Waals surface area contributed by atoms with Gasteiger partial charge in [-0.25, -0.2) is 0 Å². The summed E-state index contributed by atoms with van der Waals surface area (Å²) in [5.74, 6) is 0.984. The molecule has 0 fully saturated rings. The van der Waals surface area contributed by atoms with E-state index in [1.54, 1.807) is 23.9 Å². The largest absolute Gasteiger partial charge is 0.506 e. The van der Waals surface area contributed by atoms with Gasteiger partial charge in [-0.1, -0.05) is 13.0 Å². The number of benzene rings is 1. The van der Waals surface area contributed by atoms with Crippen molar-refractivity contribution in [1.29, 1.82) is 0 Å². The van der Waals surface area contributed by atoms with Crippen LogP contribution in [0, 0.1) is 0 Å². The second kappa shape index (κ2) is 5.88. The molecule has 3 nitrogen and oxygen atoms in total. The second-order valence-corrected chi connectivity index (χ2v) is 4.95. The van der Waals surface area contributed by atoms with Crippen molar-refractivity contribution in [2.75, 3.05) is 12.3 Å². The molecule has 84 valence electrons. The van der Waals surface area contributed by atoms with E-state index in [4.69, 9.17) is 10.8 Å². The molecule has 0 bridgehead atoms. The highest BCUT2D eigenvalue weighted by Gasteiger charge is 2.03. The van der Waals surface area contributed by atoms with E-state index in [0.717, 1.165) is 17.7 Å². The third-order valence-corrected chi connectivity index (χ3v) is 3.47. The number of phenols is 1. The van der Waals surface area contributed by atoms with Gasteiger partial charge in [0.1, 0.15) is 5.75 Å². The summed E-state index contributed by atoms with van der Waals surface area (Å²) in [6, 6.07) is 5.26. The molecular weight excluding hydrogens is 210 g/mol. The van der Waals surface area contributed by atoms with Gasteiger partial charge >= 0.3 is 0 Å². The number of aliphatic hydroxyl groups is 1. The Bertz CT molecular complexity index is 317. The van der Waals surface area contributed by atoms with Gasteiger partial charge in [0.25, 0.3) is 0 Å². The molecule has 0 saturated carbocycles. The zero-order valence-electron chi connectivity index (χ0n) is 8.81. The van der Waals surface area contributed by atoms with Gasteiger partial charge in [0.15, 0.2) is 0 Å². The van der Waals surface area contributed by atoms with Crippen LogP contribution in [0.1, 0.15) is 18.9 Å². The summed E-state index contributed by atoms with van der Waals surface area (Å²) in [4.78, 5) is 0. The van der Waals surface area contributed by atoms with Crippen LogP contribution in [-0.2, 0) is 5.75 Å². The van der Waals surface area contributed by atoms with Crippen LogP contribution in [0.15, 0.2) is 18.2 Å². The Morgan fingerprint density at radius 1 is 1.47 bits per heavy atom. The molecule has 0 saturated heterocycles. The lowest BCUT2D eigenvalue weighted by atomic mass is 10.2. The average molecular weight is 227 g/mol. The van der Waals surface area contributed by atoms with Gasteiger partial charge in [-0.15, -0.1) is 0 Å². The Hall–Kier alpha value is -0.870. The highest BCUT2D eigenvalue weighted by atomic mass is 32.2. The first-order chi connectivity index (χ1) is 7.13. The Morgan fingerprint density at radius 2 is 2.20 bits per heavy atom. The minimum Gasteiger partial charge on any atom is -0.506 e. The molecule has 15 heavy (non-hydrogen) atoms. The first-order valence-corrected chi connectivity index (χ1v) is 5.98.